The molecule has 3 atom stereocenters. The van der Waals surface area contributed by atoms with Crippen molar-refractivity contribution in [2.45, 2.75) is 76.9 Å². The normalized spacial score (nSPS) is 36.3. The van der Waals surface area contributed by atoms with E-state index in [1.54, 1.807) is 0 Å². The molecule has 104 valence electrons. The molecular weight excluding hydrogens is 220 g/mol. The van der Waals surface area contributed by atoms with Gasteiger partial charge in [0, 0.05) is 31.2 Å². The lowest BCUT2D eigenvalue weighted by Gasteiger charge is -2.27. The van der Waals surface area contributed by atoms with E-state index >= 15 is 0 Å². The first-order chi connectivity index (χ1) is 8.72. The standard InChI is InChI=1S/C16H30N2/c1-12(2)10-18(15-7-8-15)11-14-9-13-5-3-4-6-16(13)17-14/h12-17H,3-11H2,1-2H3. The van der Waals surface area contributed by atoms with E-state index in [0.29, 0.717) is 0 Å². The van der Waals surface area contributed by atoms with E-state index < -0.39 is 0 Å². The Morgan fingerprint density at radius 2 is 1.89 bits per heavy atom. The maximum atomic E-state index is 3.94. The maximum Gasteiger partial charge on any atom is 0.0201 e. The molecule has 0 amide bonds. The van der Waals surface area contributed by atoms with Gasteiger partial charge >= 0.3 is 0 Å². The van der Waals surface area contributed by atoms with Gasteiger partial charge in [-0.3, -0.25) is 4.90 Å². The van der Waals surface area contributed by atoms with Gasteiger partial charge in [0.25, 0.3) is 0 Å². The monoisotopic (exact) mass is 250 g/mol. The minimum atomic E-state index is 0.789. The van der Waals surface area contributed by atoms with Crippen molar-refractivity contribution >= 4 is 0 Å². The molecule has 1 N–H and O–H groups in total. The minimum Gasteiger partial charge on any atom is -0.310 e. The van der Waals surface area contributed by atoms with Crippen molar-refractivity contribution in [3.8, 4) is 0 Å². The molecule has 1 saturated heterocycles. The number of nitrogens with zero attached hydrogens (tertiary/aromatic N) is 1. The van der Waals surface area contributed by atoms with Crippen LogP contribution in [0.4, 0.5) is 0 Å². The van der Waals surface area contributed by atoms with Crippen molar-refractivity contribution in [3.05, 3.63) is 0 Å². The third-order valence-corrected chi connectivity index (χ3v) is 5.06. The van der Waals surface area contributed by atoms with Gasteiger partial charge in [0.2, 0.25) is 0 Å². The molecule has 0 aromatic heterocycles. The fourth-order valence-corrected chi connectivity index (χ4v) is 4.14. The Balaban J connectivity index is 1.52. The van der Waals surface area contributed by atoms with E-state index in [-0.39, 0.29) is 0 Å². The summed E-state index contributed by atoms with van der Waals surface area (Å²) in [4.78, 5) is 2.78. The average Bonchev–Trinajstić information content (AvgIpc) is 3.08. The Hall–Kier alpha value is -0.0800. The highest BCUT2D eigenvalue weighted by Crippen LogP contribution is 2.35. The zero-order valence-corrected chi connectivity index (χ0v) is 12.2. The molecule has 3 fully saturated rings. The highest BCUT2D eigenvalue weighted by atomic mass is 15.2. The SMILES string of the molecule is CC(C)CN(CC1CC2CCCCC2N1)C1CC1. The van der Waals surface area contributed by atoms with Crippen LogP contribution < -0.4 is 5.32 Å². The van der Waals surface area contributed by atoms with Crippen LogP contribution in [-0.2, 0) is 0 Å². The quantitative estimate of drug-likeness (QED) is 0.807. The lowest BCUT2D eigenvalue weighted by molar-refractivity contribution is 0.212. The molecule has 2 saturated carbocycles. The van der Waals surface area contributed by atoms with Crippen molar-refractivity contribution in [2.24, 2.45) is 11.8 Å². The number of hydrogen-bond donors (Lipinski definition) is 1. The first-order valence-electron chi connectivity index (χ1n) is 8.22. The van der Waals surface area contributed by atoms with Crippen LogP contribution >= 0.6 is 0 Å². The molecule has 3 unspecified atom stereocenters. The zero-order valence-electron chi connectivity index (χ0n) is 12.2. The largest absolute Gasteiger partial charge is 0.310 e. The molecule has 0 bridgehead atoms. The summed E-state index contributed by atoms with van der Waals surface area (Å²) >= 11 is 0. The van der Waals surface area contributed by atoms with Gasteiger partial charge in [-0.1, -0.05) is 26.7 Å². The van der Waals surface area contributed by atoms with E-state index in [4.69, 9.17) is 0 Å². The smallest absolute Gasteiger partial charge is 0.0201 e. The van der Waals surface area contributed by atoms with Crippen molar-refractivity contribution < 1.29 is 0 Å². The van der Waals surface area contributed by atoms with Gasteiger partial charge in [0.05, 0.1) is 0 Å². The summed E-state index contributed by atoms with van der Waals surface area (Å²) in [6.45, 7) is 7.34. The number of fused-ring (bicyclic) bond motifs is 1. The number of nitrogens with one attached hydrogen (secondary N) is 1. The Kier molecular flexibility index (Phi) is 3.95. The second kappa shape index (κ2) is 5.50. The van der Waals surface area contributed by atoms with E-state index in [0.717, 1.165) is 30.0 Å². The fraction of sp³-hybridized carbons (Fsp3) is 1.00. The number of hydrogen-bond acceptors (Lipinski definition) is 2. The van der Waals surface area contributed by atoms with Crippen LogP contribution in [0.1, 0.15) is 58.8 Å². The molecule has 2 aliphatic carbocycles. The molecule has 0 aromatic carbocycles. The lowest BCUT2D eigenvalue weighted by atomic mass is 9.85. The van der Waals surface area contributed by atoms with Crippen LogP contribution in [-0.4, -0.2) is 36.1 Å². The van der Waals surface area contributed by atoms with Gasteiger partial charge in [-0.05, 0) is 43.9 Å². The molecule has 0 aromatic rings. The molecule has 0 spiro atoms. The Morgan fingerprint density at radius 1 is 1.11 bits per heavy atom. The van der Waals surface area contributed by atoms with Crippen LogP contribution in [0.25, 0.3) is 0 Å². The second-order valence-corrected chi connectivity index (χ2v) is 7.33. The summed E-state index contributed by atoms with van der Waals surface area (Å²) in [5.41, 5.74) is 0. The van der Waals surface area contributed by atoms with E-state index in [1.165, 1.54) is 58.0 Å². The van der Waals surface area contributed by atoms with Crippen molar-refractivity contribution in [1.29, 1.82) is 0 Å². The Bertz CT molecular complexity index is 258. The first-order valence-corrected chi connectivity index (χ1v) is 8.22. The third-order valence-electron chi connectivity index (χ3n) is 5.06. The molecule has 2 nitrogen and oxygen atoms in total. The first kappa shape index (κ1) is 12.9. The van der Waals surface area contributed by atoms with Crippen LogP contribution in [0.5, 0.6) is 0 Å². The highest BCUT2D eigenvalue weighted by Gasteiger charge is 2.37. The van der Waals surface area contributed by atoms with Crippen LogP contribution in [0, 0.1) is 11.8 Å². The van der Waals surface area contributed by atoms with Gasteiger partial charge < -0.3 is 5.32 Å². The molecular formula is C16H30N2. The minimum absolute atomic E-state index is 0.789. The maximum absolute atomic E-state index is 3.94. The molecule has 3 rings (SSSR count). The van der Waals surface area contributed by atoms with Gasteiger partial charge in [0.1, 0.15) is 0 Å². The van der Waals surface area contributed by atoms with Gasteiger partial charge in [0.15, 0.2) is 0 Å². The average molecular weight is 250 g/mol. The Morgan fingerprint density at radius 3 is 2.56 bits per heavy atom. The highest BCUT2D eigenvalue weighted by molar-refractivity contribution is 4.96. The van der Waals surface area contributed by atoms with E-state index in [9.17, 15) is 0 Å². The second-order valence-electron chi connectivity index (χ2n) is 7.33. The van der Waals surface area contributed by atoms with E-state index in [2.05, 4.69) is 24.1 Å². The zero-order chi connectivity index (χ0) is 12.5. The summed E-state index contributed by atoms with van der Waals surface area (Å²) in [6.07, 6.45) is 10.2. The lowest BCUT2D eigenvalue weighted by Crippen LogP contribution is -2.42. The predicted molar refractivity (Wildman–Crippen MR) is 76.7 cm³/mol. The van der Waals surface area contributed by atoms with Crippen LogP contribution in [0.15, 0.2) is 0 Å². The molecule has 2 heteroatoms. The summed E-state index contributed by atoms with van der Waals surface area (Å²) in [7, 11) is 0. The summed E-state index contributed by atoms with van der Waals surface area (Å²) in [5, 5.41) is 3.94. The summed E-state index contributed by atoms with van der Waals surface area (Å²) < 4.78 is 0. The molecule has 0 radical (unpaired) electrons. The summed E-state index contributed by atoms with van der Waals surface area (Å²) in [5.74, 6) is 1.82. The topological polar surface area (TPSA) is 15.3 Å². The third kappa shape index (κ3) is 3.08. The predicted octanol–water partition coefficient (Wildman–Crippen LogP) is 3.03. The van der Waals surface area contributed by atoms with Crippen LogP contribution in [0.2, 0.25) is 0 Å². The van der Waals surface area contributed by atoms with Gasteiger partial charge in [-0.2, -0.15) is 0 Å². The molecule has 3 aliphatic rings. The Labute approximate surface area is 113 Å². The van der Waals surface area contributed by atoms with Gasteiger partial charge in [-0.15, -0.1) is 0 Å². The van der Waals surface area contributed by atoms with Crippen molar-refractivity contribution in [2.75, 3.05) is 13.1 Å². The molecule has 1 heterocycles. The van der Waals surface area contributed by atoms with Crippen molar-refractivity contribution in [3.63, 3.8) is 0 Å². The van der Waals surface area contributed by atoms with Crippen LogP contribution in [0.3, 0.4) is 0 Å². The molecule has 18 heavy (non-hydrogen) atoms. The van der Waals surface area contributed by atoms with E-state index in [1.807, 2.05) is 0 Å². The number of rotatable bonds is 5. The van der Waals surface area contributed by atoms with Gasteiger partial charge in [-0.25, -0.2) is 0 Å². The summed E-state index contributed by atoms with van der Waals surface area (Å²) in [6, 6.07) is 2.58. The fourth-order valence-electron chi connectivity index (χ4n) is 4.14. The van der Waals surface area contributed by atoms with Crippen molar-refractivity contribution in [1.82, 2.24) is 10.2 Å². The molecule has 1 aliphatic heterocycles.